The lowest BCUT2D eigenvalue weighted by Crippen LogP contribution is -2.60. The second-order valence-electron chi connectivity index (χ2n) is 6.00. The molecule has 7 heteroatoms. The van der Waals surface area contributed by atoms with Crippen molar-refractivity contribution in [1.82, 2.24) is 13.9 Å². The zero-order valence-corrected chi connectivity index (χ0v) is 13.2. The van der Waals surface area contributed by atoms with Crippen molar-refractivity contribution in [3.63, 3.8) is 0 Å². The van der Waals surface area contributed by atoms with E-state index in [2.05, 4.69) is 12.2 Å². The molecule has 2 bridgehead atoms. The summed E-state index contributed by atoms with van der Waals surface area (Å²) >= 11 is 0. The average molecular weight is 310 g/mol. The summed E-state index contributed by atoms with van der Waals surface area (Å²) in [5.41, 5.74) is 0. The summed E-state index contributed by atoms with van der Waals surface area (Å²) in [6.45, 7) is 6.16. The van der Waals surface area contributed by atoms with Gasteiger partial charge >= 0.3 is 0 Å². The molecule has 0 radical (unpaired) electrons. The lowest BCUT2D eigenvalue weighted by Gasteiger charge is -2.41. The molecule has 0 aromatic carbocycles. The third kappa shape index (κ3) is 2.53. The van der Waals surface area contributed by atoms with E-state index in [1.807, 2.05) is 6.92 Å². The maximum absolute atomic E-state index is 12.8. The maximum atomic E-state index is 12.8. The quantitative estimate of drug-likeness (QED) is 0.821. The highest BCUT2D eigenvalue weighted by atomic mass is 35.5. The van der Waals surface area contributed by atoms with Gasteiger partial charge in [-0.05, 0) is 39.0 Å². The van der Waals surface area contributed by atoms with Crippen molar-refractivity contribution in [3.8, 4) is 0 Å². The molecule has 1 aliphatic carbocycles. The van der Waals surface area contributed by atoms with Gasteiger partial charge in [0.15, 0.2) is 0 Å². The van der Waals surface area contributed by atoms with Crippen molar-refractivity contribution >= 4 is 22.6 Å². The van der Waals surface area contributed by atoms with Gasteiger partial charge < -0.3 is 5.32 Å². The lowest BCUT2D eigenvalue weighted by molar-refractivity contribution is 0.207. The number of rotatable bonds is 2. The first-order valence-corrected chi connectivity index (χ1v) is 8.42. The minimum Gasteiger partial charge on any atom is -0.311 e. The van der Waals surface area contributed by atoms with Gasteiger partial charge in [-0.2, -0.15) is 17.0 Å². The summed E-state index contributed by atoms with van der Waals surface area (Å²) in [5.74, 6) is 0.612. The standard InChI is InChI=1S/C12H23N3O2S.ClH/c1-9-10(2)14(6-5-13-9)18(16,17)15-8-11-3-4-12(15)7-11;/h9-13H,3-8H2,1-2H3;1H. The van der Waals surface area contributed by atoms with E-state index < -0.39 is 10.2 Å². The normalized spacial score (nSPS) is 40.3. The van der Waals surface area contributed by atoms with E-state index >= 15 is 0 Å². The molecule has 5 nitrogen and oxygen atoms in total. The Hall–Kier alpha value is 0.120. The van der Waals surface area contributed by atoms with Gasteiger partial charge in [-0.1, -0.05) is 0 Å². The van der Waals surface area contributed by atoms with E-state index in [1.165, 1.54) is 6.42 Å². The first kappa shape index (κ1) is 15.5. The van der Waals surface area contributed by atoms with Gasteiger partial charge in [-0.15, -0.1) is 12.4 Å². The summed E-state index contributed by atoms with van der Waals surface area (Å²) < 4.78 is 29.0. The van der Waals surface area contributed by atoms with E-state index in [-0.39, 0.29) is 30.5 Å². The minimum atomic E-state index is -3.25. The van der Waals surface area contributed by atoms with Gasteiger partial charge in [0.25, 0.3) is 10.2 Å². The minimum absolute atomic E-state index is 0. The van der Waals surface area contributed by atoms with Crippen LogP contribution in [0.25, 0.3) is 0 Å². The van der Waals surface area contributed by atoms with Crippen LogP contribution in [0.5, 0.6) is 0 Å². The van der Waals surface area contributed by atoms with Gasteiger partial charge in [0.1, 0.15) is 0 Å². The molecule has 4 atom stereocenters. The van der Waals surface area contributed by atoms with Crippen LogP contribution in [0, 0.1) is 5.92 Å². The molecular formula is C12H24ClN3O2S. The van der Waals surface area contributed by atoms with Crippen LogP contribution in [-0.2, 0) is 10.2 Å². The molecule has 3 fully saturated rings. The lowest BCUT2D eigenvalue weighted by atomic mass is 10.1. The average Bonchev–Trinajstić information content (AvgIpc) is 2.94. The molecule has 0 aromatic rings. The Morgan fingerprint density at radius 1 is 1.16 bits per heavy atom. The van der Waals surface area contributed by atoms with E-state index in [9.17, 15) is 8.42 Å². The molecule has 4 unspecified atom stereocenters. The van der Waals surface area contributed by atoms with Crippen LogP contribution in [0.3, 0.4) is 0 Å². The maximum Gasteiger partial charge on any atom is 0.282 e. The van der Waals surface area contributed by atoms with Crippen molar-refractivity contribution in [2.24, 2.45) is 5.92 Å². The second-order valence-corrected chi connectivity index (χ2v) is 7.84. The van der Waals surface area contributed by atoms with Crippen LogP contribution >= 0.6 is 12.4 Å². The molecule has 1 saturated carbocycles. The second kappa shape index (κ2) is 5.48. The van der Waals surface area contributed by atoms with Crippen molar-refractivity contribution in [2.75, 3.05) is 19.6 Å². The molecule has 2 saturated heterocycles. The Kier molecular flexibility index (Phi) is 4.48. The highest BCUT2D eigenvalue weighted by Gasteiger charge is 2.47. The van der Waals surface area contributed by atoms with E-state index in [0.29, 0.717) is 12.5 Å². The predicted octanol–water partition coefficient (Wildman–Crippen LogP) is 0.819. The number of hydrogen-bond donors (Lipinski definition) is 1. The monoisotopic (exact) mass is 309 g/mol. The Balaban J connectivity index is 0.00000133. The topological polar surface area (TPSA) is 52.7 Å². The van der Waals surface area contributed by atoms with Crippen LogP contribution in [0.4, 0.5) is 0 Å². The fourth-order valence-corrected chi connectivity index (χ4v) is 5.81. The number of piperidine rings is 1. The molecule has 2 heterocycles. The number of hydrogen-bond acceptors (Lipinski definition) is 3. The van der Waals surface area contributed by atoms with E-state index in [4.69, 9.17) is 0 Å². The van der Waals surface area contributed by atoms with Gasteiger partial charge in [-0.25, -0.2) is 0 Å². The van der Waals surface area contributed by atoms with Crippen LogP contribution in [0.15, 0.2) is 0 Å². The molecule has 0 aromatic heterocycles. The first-order chi connectivity index (χ1) is 8.50. The number of nitrogens with zero attached hydrogens (tertiary/aromatic N) is 2. The zero-order valence-electron chi connectivity index (χ0n) is 11.6. The Labute approximate surface area is 122 Å². The third-order valence-electron chi connectivity index (χ3n) is 4.93. The molecule has 2 aliphatic heterocycles. The smallest absolute Gasteiger partial charge is 0.282 e. The highest BCUT2D eigenvalue weighted by Crippen LogP contribution is 2.40. The number of halogens is 1. The first-order valence-electron chi connectivity index (χ1n) is 7.02. The third-order valence-corrected chi connectivity index (χ3v) is 7.08. The summed E-state index contributed by atoms with van der Waals surface area (Å²) in [4.78, 5) is 0. The Morgan fingerprint density at radius 3 is 2.47 bits per heavy atom. The SMILES string of the molecule is CC1NCCN(S(=O)(=O)N2CC3CCC2C3)C1C.Cl. The number of piperazine rings is 1. The molecule has 1 N–H and O–H groups in total. The van der Waals surface area contributed by atoms with Gasteiger partial charge in [-0.3, -0.25) is 0 Å². The number of fused-ring (bicyclic) bond motifs is 2. The Morgan fingerprint density at radius 2 is 1.89 bits per heavy atom. The van der Waals surface area contributed by atoms with E-state index in [0.717, 1.165) is 25.9 Å². The Bertz CT molecular complexity index is 431. The zero-order chi connectivity index (χ0) is 12.9. The molecular weight excluding hydrogens is 286 g/mol. The summed E-state index contributed by atoms with van der Waals surface area (Å²) in [6, 6.07) is 0.550. The molecule has 3 rings (SSSR count). The van der Waals surface area contributed by atoms with Crippen molar-refractivity contribution in [3.05, 3.63) is 0 Å². The van der Waals surface area contributed by atoms with Crippen LogP contribution < -0.4 is 5.32 Å². The van der Waals surface area contributed by atoms with Crippen molar-refractivity contribution in [2.45, 2.75) is 51.2 Å². The largest absolute Gasteiger partial charge is 0.311 e. The summed E-state index contributed by atoms with van der Waals surface area (Å²) in [7, 11) is -3.25. The van der Waals surface area contributed by atoms with Gasteiger partial charge in [0.05, 0.1) is 0 Å². The fourth-order valence-electron chi connectivity index (χ4n) is 3.65. The molecule has 3 aliphatic rings. The molecule has 19 heavy (non-hydrogen) atoms. The van der Waals surface area contributed by atoms with Crippen LogP contribution in [0.2, 0.25) is 0 Å². The molecule has 0 amide bonds. The van der Waals surface area contributed by atoms with E-state index in [1.54, 1.807) is 8.61 Å². The summed E-state index contributed by atoms with van der Waals surface area (Å²) in [5, 5.41) is 3.33. The molecule has 112 valence electrons. The number of nitrogens with one attached hydrogen (secondary N) is 1. The van der Waals surface area contributed by atoms with Gasteiger partial charge in [0.2, 0.25) is 0 Å². The van der Waals surface area contributed by atoms with Crippen LogP contribution in [-0.4, -0.2) is 54.8 Å². The fraction of sp³-hybridized carbons (Fsp3) is 1.00. The predicted molar refractivity (Wildman–Crippen MR) is 77.6 cm³/mol. The van der Waals surface area contributed by atoms with Crippen molar-refractivity contribution in [1.29, 1.82) is 0 Å². The molecule has 0 spiro atoms. The van der Waals surface area contributed by atoms with Crippen LogP contribution in [0.1, 0.15) is 33.1 Å². The highest BCUT2D eigenvalue weighted by molar-refractivity contribution is 7.86. The van der Waals surface area contributed by atoms with Gasteiger partial charge in [0, 0.05) is 37.8 Å². The summed E-state index contributed by atoms with van der Waals surface area (Å²) in [6.07, 6.45) is 3.35. The van der Waals surface area contributed by atoms with Crippen molar-refractivity contribution < 1.29 is 8.42 Å².